The lowest BCUT2D eigenvalue weighted by Gasteiger charge is -2.11. The molecule has 1 aromatic heterocycles. The zero-order chi connectivity index (χ0) is 21.7. The highest BCUT2D eigenvalue weighted by Gasteiger charge is 2.24. The van der Waals surface area contributed by atoms with Crippen LogP contribution in [0.25, 0.3) is 0 Å². The zero-order valence-electron chi connectivity index (χ0n) is 14.9. The number of hydrogen-bond donors (Lipinski definition) is 3. The quantitative estimate of drug-likeness (QED) is 0.376. The molecule has 3 aromatic rings. The monoisotopic (exact) mass is 429 g/mol. The lowest BCUT2D eigenvalue weighted by atomic mass is 10.2. The van der Waals surface area contributed by atoms with Gasteiger partial charge in [0.1, 0.15) is 6.33 Å². The minimum absolute atomic E-state index is 0.0204. The molecule has 3 rings (SSSR count). The Hall–Kier alpha value is -4.32. The Labute approximate surface area is 173 Å². The molecule has 0 aliphatic rings. The predicted molar refractivity (Wildman–Crippen MR) is 108 cm³/mol. The van der Waals surface area contributed by atoms with E-state index in [4.69, 9.17) is 11.6 Å². The van der Waals surface area contributed by atoms with Crippen LogP contribution < -0.4 is 16.2 Å². The third-order valence-corrected chi connectivity index (χ3v) is 3.98. The first-order chi connectivity index (χ1) is 14.3. The molecule has 0 aliphatic heterocycles. The van der Waals surface area contributed by atoms with Gasteiger partial charge >= 0.3 is 5.69 Å². The van der Waals surface area contributed by atoms with Crippen LogP contribution in [0.15, 0.2) is 54.9 Å². The van der Waals surface area contributed by atoms with Crippen LogP contribution in [0, 0.1) is 20.2 Å². The summed E-state index contributed by atoms with van der Waals surface area (Å²) >= 11 is 5.82. The topological polar surface area (TPSA) is 165 Å². The Balaban J connectivity index is 1.81. The van der Waals surface area contributed by atoms with Gasteiger partial charge in [-0.1, -0.05) is 17.7 Å². The van der Waals surface area contributed by atoms with Gasteiger partial charge in [-0.3, -0.25) is 35.9 Å². The molecular weight excluding hydrogens is 418 g/mol. The lowest BCUT2D eigenvalue weighted by molar-refractivity contribution is -0.384. The number of benzene rings is 2. The molecule has 1 heterocycles. The Kier molecular flexibility index (Phi) is 5.98. The number of rotatable bonds is 7. The number of non-ortho nitro benzene ring substituents is 1. The molecular formula is C17H12ClN7O5. The van der Waals surface area contributed by atoms with Gasteiger partial charge in [-0.25, -0.2) is 9.97 Å². The summed E-state index contributed by atoms with van der Waals surface area (Å²) in [4.78, 5) is 40.9. The summed E-state index contributed by atoms with van der Waals surface area (Å²) in [6, 6.07) is 11.4. The van der Waals surface area contributed by atoms with Crippen LogP contribution in [0.3, 0.4) is 0 Å². The van der Waals surface area contributed by atoms with E-state index in [0.29, 0.717) is 10.7 Å². The smallest absolute Gasteiger partial charge is 0.334 e. The van der Waals surface area contributed by atoms with Crippen molar-refractivity contribution in [1.29, 1.82) is 0 Å². The normalized spacial score (nSPS) is 10.2. The highest BCUT2D eigenvalue weighted by molar-refractivity contribution is 6.30. The van der Waals surface area contributed by atoms with Gasteiger partial charge < -0.3 is 5.32 Å². The molecule has 0 radical (unpaired) electrons. The standard InChI is InChI=1S/C17H12ClN7O5/c18-11-4-6-12(7-5-11)21-15-14(25(29)30)16(20-9-19-15)22-23-17(26)10-2-1-3-13(8-10)24(27)28/h1-9H,(H,23,26)(H2,19,20,21,22). The lowest BCUT2D eigenvalue weighted by Crippen LogP contribution is -2.30. The number of amides is 1. The van der Waals surface area contributed by atoms with Gasteiger partial charge in [-0.2, -0.15) is 0 Å². The van der Waals surface area contributed by atoms with Crippen molar-refractivity contribution in [3.63, 3.8) is 0 Å². The summed E-state index contributed by atoms with van der Waals surface area (Å²) in [5.41, 5.74) is 4.26. The number of nitro benzene ring substituents is 1. The van der Waals surface area contributed by atoms with E-state index in [9.17, 15) is 25.0 Å². The third kappa shape index (κ3) is 4.74. The second-order valence-electron chi connectivity index (χ2n) is 5.70. The second-order valence-corrected chi connectivity index (χ2v) is 6.13. The summed E-state index contributed by atoms with van der Waals surface area (Å²) in [5, 5.41) is 25.7. The van der Waals surface area contributed by atoms with Crippen molar-refractivity contribution < 1.29 is 14.6 Å². The van der Waals surface area contributed by atoms with Crippen LogP contribution in [0.4, 0.5) is 28.7 Å². The van der Waals surface area contributed by atoms with E-state index >= 15 is 0 Å². The van der Waals surface area contributed by atoms with E-state index < -0.39 is 21.4 Å². The molecule has 2 aromatic carbocycles. The van der Waals surface area contributed by atoms with E-state index in [1.807, 2.05) is 0 Å². The van der Waals surface area contributed by atoms with E-state index in [-0.39, 0.29) is 22.9 Å². The van der Waals surface area contributed by atoms with Crippen LogP contribution >= 0.6 is 11.6 Å². The number of halogens is 1. The van der Waals surface area contributed by atoms with Crippen molar-refractivity contribution in [2.75, 3.05) is 10.7 Å². The number of nitrogens with one attached hydrogen (secondary N) is 3. The number of hydrazine groups is 1. The third-order valence-electron chi connectivity index (χ3n) is 3.73. The first kappa shape index (κ1) is 20.4. The van der Waals surface area contributed by atoms with Crippen molar-refractivity contribution in [1.82, 2.24) is 15.4 Å². The highest BCUT2D eigenvalue weighted by atomic mass is 35.5. The molecule has 0 aliphatic carbocycles. The molecule has 30 heavy (non-hydrogen) atoms. The fourth-order valence-corrected chi connectivity index (χ4v) is 2.48. The summed E-state index contributed by atoms with van der Waals surface area (Å²) in [7, 11) is 0. The number of nitro groups is 2. The van der Waals surface area contributed by atoms with Gasteiger partial charge in [0.15, 0.2) is 0 Å². The van der Waals surface area contributed by atoms with Gasteiger partial charge in [0.25, 0.3) is 11.6 Å². The Morgan fingerprint density at radius 2 is 1.67 bits per heavy atom. The number of carbonyl (C=O) groups is 1. The van der Waals surface area contributed by atoms with Crippen LogP contribution in [0.1, 0.15) is 10.4 Å². The molecule has 13 heteroatoms. The van der Waals surface area contributed by atoms with Gasteiger partial charge in [0.2, 0.25) is 11.6 Å². The summed E-state index contributed by atoms with van der Waals surface area (Å²) < 4.78 is 0. The van der Waals surface area contributed by atoms with Crippen LogP contribution in [-0.2, 0) is 0 Å². The van der Waals surface area contributed by atoms with Crippen LogP contribution in [0.5, 0.6) is 0 Å². The molecule has 0 bridgehead atoms. The van der Waals surface area contributed by atoms with Crippen molar-refractivity contribution in [3.05, 3.63) is 85.7 Å². The van der Waals surface area contributed by atoms with Crippen molar-refractivity contribution in [3.8, 4) is 0 Å². The van der Waals surface area contributed by atoms with Gasteiger partial charge in [-0.05, 0) is 30.3 Å². The number of hydrogen-bond acceptors (Lipinski definition) is 9. The molecule has 0 atom stereocenters. The molecule has 0 saturated carbocycles. The molecule has 3 N–H and O–H groups in total. The maximum atomic E-state index is 12.2. The fourth-order valence-electron chi connectivity index (χ4n) is 2.35. The predicted octanol–water partition coefficient (Wildman–Crippen LogP) is 3.45. The number of nitrogens with zero attached hydrogens (tertiary/aromatic N) is 4. The minimum Gasteiger partial charge on any atom is -0.334 e. The Morgan fingerprint density at radius 3 is 2.33 bits per heavy atom. The first-order valence-corrected chi connectivity index (χ1v) is 8.55. The largest absolute Gasteiger partial charge is 0.355 e. The molecule has 1 amide bonds. The number of aromatic nitrogens is 2. The summed E-state index contributed by atoms with van der Waals surface area (Å²) in [6.07, 6.45) is 1.06. The van der Waals surface area contributed by atoms with Crippen molar-refractivity contribution >= 4 is 46.2 Å². The summed E-state index contributed by atoms with van der Waals surface area (Å²) in [5.74, 6) is -1.16. The van der Waals surface area contributed by atoms with Crippen LogP contribution in [-0.4, -0.2) is 25.7 Å². The average molecular weight is 430 g/mol. The van der Waals surface area contributed by atoms with Gasteiger partial charge in [0.05, 0.1) is 9.85 Å². The maximum Gasteiger partial charge on any atom is 0.355 e. The van der Waals surface area contributed by atoms with Crippen molar-refractivity contribution in [2.45, 2.75) is 0 Å². The molecule has 0 fully saturated rings. The average Bonchev–Trinajstić information content (AvgIpc) is 2.73. The second kappa shape index (κ2) is 8.79. The molecule has 12 nitrogen and oxygen atoms in total. The Morgan fingerprint density at radius 1 is 0.967 bits per heavy atom. The first-order valence-electron chi connectivity index (χ1n) is 8.18. The molecule has 152 valence electrons. The number of anilines is 3. The fraction of sp³-hybridized carbons (Fsp3) is 0. The highest BCUT2D eigenvalue weighted by Crippen LogP contribution is 2.31. The molecule has 0 spiro atoms. The SMILES string of the molecule is O=C(NNc1ncnc(Nc2ccc(Cl)cc2)c1[N+](=O)[O-])c1cccc([N+](=O)[O-])c1. The van der Waals surface area contributed by atoms with E-state index in [1.54, 1.807) is 24.3 Å². The van der Waals surface area contributed by atoms with E-state index in [1.165, 1.54) is 18.2 Å². The van der Waals surface area contributed by atoms with Crippen LogP contribution in [0.2, 0.25) is 5.02 Å². The van der Waals surface area contributed by atoms with E-state index in [0.717, 1.165) is 12.4 Å². The molecule has 0 unspecified atom stereocenters. The van der Waals surface area contributed by atoms with Gasteiger partial charge in [0, 0.05) is 28.4 Å². The zero-order valence-corrected chi connectivity index (χ0v) is 15.7. The summed E-state index contributed by atoms with van der Waals surface area (Å²) in [6.45, 7) is 0. The number of carbonyl (C=O) groups excluding carboxylic acids is 1. The molecule has 0 saturated heterocycles. The maximum absolute atomic E-state index is 12.2. The van der Waals surface area contributed by atoms with Crippen molar-refractivity contribution in [2.24, 2.45) is 0 Å². The minimum atomic E-state index is -0.751. The Bertz CT molecular complexity index is 1120. The van der Waals surface area contributed by atoms with Gasteiger partial charge in [-0.15, -0.1) is 0 Å². The van der Waals surface area contributed by atoms with E-state index in [2.05, 4.69) is 26.1 Å².